The van der Waals surface area contributed by atoms with Crippen LogP contribution in [0, 0.1) is 0 Å². The molecule has 0 saturated carbocycles. The number of nitrogens with one attached hydrogen (secondary N) is 1. The van der Waals surface area contributed by atoms with Gasteiger partial charge in [-0.3, -0.25) is 9.69 Å². The maximum absolute atomic E-state index is 11.9. The molecule has 6 rings (SSSR count). The largest absolute Gasteiger partial charge is 0.356 e. The van der Waals surface area contributed by atoms with Gasteiger partial charge in [0.2, 0.25) is 11.9 Å². The molecule has 6 heterocycles. The summed E-state index contributed by atoms with van der Waals surface area (Å²) in [5, 5.41) is 8.73. The van der Waals surface area contributed by atoms with Crippen LogP contribution in [-0.4, -0.2) is 92.0 Å². The van der Waals surface area contributed by atoms with Crippen molar-refractivity contribution < 1.29 is 4.79 Å². The van der Waals surface area contributed by atoms with Crippen LogP contribution >= 0.6 is 0 Å². The van der Waals surface area contributed by atoms with E-state index in [9.17, 15) is 4.79 Å². The van der Waals surface area contributed by atoms with E-state index < -0.39 is 0 Å². The van der Waals surface area contributed by atoms with Gasteiger partial charge in [0.1, 0.15) is 5.82 Å². The molecule has 0 atom stereocenters. The molecule has 0 unspecified atom stereocenters. The Kier molecular flexibility index (Phi) is 6.49. The zero-order chi connectivity index (χ0) is 26.4. The highest BCUT2D eigenvalue weighted by atomic mass is 16.2. The van der Waals surface area contributed by atoms with Crippen molar-refractivity contribution >= 4 is 28.7 Å². The number of nitrogens with zero attached hydrogens (tertiary/aromatic N) is 9. The molecule has 0 bridgehead atoms. The highest BCUT2D eigenvalue weighted by Crippen LogP contribution is 2.34. The summed E-state index contributed by atoms with van der Waals surface area (Å²) >= 11 is 0. The molecule has 38 heavy (non-hydrogen) atoms. The Morgan fingerprint density at radius 2 is 1.68 bits per heavy atom. The van der Waals surface area contributed by atoms with Gasteiger partial charge in [-0.1, -0.05) is 0 Å². The Labute approximate surface area is 224 Å². The summed E-state index contributed by atoms with van der Waals surface area (Å²) in [6.45, 7) is 12.4. The van der Waals surface area contributed by atoms with Crippen LogP contribution < -0.4 is 15.1 Å². The predicted molar refractivity (Wildman–Crippen MR) is 148 cm³/mol. The smallest absolute Gasteiger partial charge is 0.234 e. The zero-order valence-electron chi connectivity index (χ0n) is 23.1. The third-order valence-corrected chi connectivity index (χ3v) is 8.43. The van der Waals surface area contributed by atoms with Gasteiger partial charge >= 0.3 is 0 Å². The van der Waals surface area contributed by atoms with Crippen LogP contribution in [0.3, 0.4) is 0 Å². The first-order chi connectivity index (χ1) is 18.3. The monoisotopic (exact) mass is 520 g/mol. The molecule has 0 spiro atoms. The SMILES string of the molecule is Cn1cncc1C1CCN(c2nc(N3CCC(N4CCNC(=O)C4)CC3)c3cnn(C(C)(C)C)c3n2)CC1. The van der Waals surface area contributed by atoms with Crippen LogP contribution in [0.4, 0.5) is 11.8 Å². The maximum Gasteiger partial charge on any atom is 0.234 e. The van der Waals surface area contributed by atoms with Gasteiger partial charge in [-0.05, 0) is 46.5 Å². The molecule has 1 N–H and O–H groups in total. The first-order valence-electron chi connectivity index (χ1n) is 14.0. The lowest BCUT2D eigenvalue weighted by Gasteiger charge is -2.40. The number of fused-ring (bicyclic) bond motifs is 1. The quantitative estimate of drug-likeness (QED) is 0.558. The molecule has 11 nitrogen and oxygen atoms in total. The van der Waals surface area contributed by atoms with E-state index in [2.05, 4.69) is 57.4 Å². The number of aryl methyl sites for hydroxylation is 1. The molecule has 3 fully saturated rings. The summed E-state index contributed by atoms with van der Waals surface area (Å²) in [6.07, 6.45) is 10.0. The minimum absolute atomic E-state index is 0.141. The molecule has 0 aliphatic carbocycles. The molecule has 3 aliphatic heterocycles. The number of carbonyl (C=O) groups is 1. The molecular weight excluding hydrogens is 480 g/mol. The number of imidazole rings is 1. The third-order valence-electron chi connectivity index (χ3n) is 8.43. The zero-order valence-corrected chi connectivity index (χ0v) is 23.1. The van der Waals surface area contributed by atoms with Crippen LogP contribution in [0.25, 0.3) is 11.0 Å². The second-order valence-electron chi connectivity index (χ2n) is 12.0. The highest BCUT2D eigenvalue weighted by molar-refractivity contribution is 5.88. The number of aromatic nitrogens is 6. The summed E-state index contributed by atoms with van der Waals surface area (Å²) in [5.74, 6) is 2.45. The van der Waals surface area contributed by atoms with Crippen LogP contribution in [0.2, 0.25) is 0 Å². The predicted octanol–water partition coefficient (Wildman–Crippen LogP) is 2.10. The van der Waals surface area contributed by atoms with E-state index in [0.29, 0.717) is 18.5 Å². The lowest BCUT2D eigenvalue weighted by atomic mass is 9.94. The van der Waals surface area contributed by atoms with Gasteiger partial charge in [-0.2, -0.15) is 15.1 Å². The second-order valence-corrected chi connectivity index (χ2v) is 12.0. The molecular formula is C27H40N10O. The van der Waals surface area contributed by atoms with Crippen molar-refractivity contribution in [3.63, 3.8) is 0 Å². The van der Waals surface area contributed by atoms with Crippen molar-refractivity contribution in [3.8, 4) is 0 Å². The fraction of sp³-hybridized carbons (Fsp3) is 0.667. The number of piperazine rings is 1. The van der Waals surface area contributed by atoms with Gasteiger partial charge in [0.15, 0.2) is 5.65 Å². The van der Waals surface area contributed by atoms with Crippen LogP contribution in [0.5, 0.6) is 0 Å². The summed E-state index contributed by atoms with van der Waals surface area (Å²) in [5.41, 5.74) is 2.03. The van der Waals surface area contributed by atoms with Crippen LogP contribution in [0.1, 0.15) is 58.1 Å². The van der Waals surface area contributed by atoms with E-state index >= 15 is 0 Å². The van der Waals surface area contributed by atoms with Gasteiger partial charge in [0.25, 0.3) is 0 Å². The van der Waals surface area contributed by atoms with E-state index in [1.165, 1.54) is 5.69 Å². The number of anilines is 2. The number of rotatable bonds is 4. The lowest BCUT2D eigenvalue weighted by Crippen LogP contribution is -2.54. The Balaban J connectivity index is 1.26. The van der Waals surface area contributed by atoms with E-state index in [4.69, 9.17) is 15.1 Å². The summed E-state index contributed by atoms with van der Waals surface area (Å²) in [6, 6.07) is 0.442. The minimum Gasteiger partial charge on any atom is -0.356 e. The lowest BCUT2D eigenvalue weighted by molar-refractivity contribution is -0.125. The van der Waals surface area contributed by atoms with Crippen molar-refractivity contribution in [1.29, 1.82) is 0 Å². The third kappa shape index (κ3) is 4.72. The van der Waals surface area contributed by atoms with E-state index in [0.717, 1.165) is 87.8 Å². The van der Waals surface area contributed by atoms with Gasteiger partial charge in [0.05, 0.1) is 30.0 Å². The average molecular weight is 521 g/mol. The molecule has 3 saturated heterocycles. The Bertz CT molecular complexity index is 1290. The van der Waals surface area contributed by atoms with Crippen molar-refractivity contribution in [3.05, 3.63) is 24.4 Å². The van der Waals surface area contributed by atoms with Crippen molar-refractivity contribution in [2.24, 2.45) is 7.05 Å². The van der Waals surface area contributed by atoms with Gasteiger partial charge in [0, 0.05) is 70.2 Å². The number of hydrogen-bond acceptors (Lipinski definition) is 8. The molecule has 3 aliphatic rings. The Hall–Kier alpha value is -3.21. The number of hydrogen-bond donors (Lipinski definition) is 1. The number of piperidine rings is 2. The summed E-state index contributed by atoms with van der Waals surface area (Å²) < 4.78 is 4.18. The molecule has 1 amide bonds. The normalized spacial score (nSPS) is 20.9. The minimum atomic E-state index is -0.182. The highest BCUT2D eigenvalue weighted by Gasteiger charge is 2.31. The van der Waals surface area contributed by atoms with Crippen LogP contribution in [0.15, 0.2) is 18.7 Å². The number of carbonyl (C=O) groups excluding carboxylic acids is 1. The van der Waals surface area contributed by atoms with Gasteiger partial charge in [-0.25, -0.2) is 9.67 Å². The second kappa shape index (κ2) is 9.83. The Morgan fingerprint density at radius 3 is 2.34 bits per heavy atom. The molecule has 0 radical (unpaired) electrons. The first-order valence-corrected chi connectivity index (χ1v) is 14.0. The first kappa shape index (κ1) is 25.1. The van der Waals surface area contributed by atoms with E-state index in [1.807, 2.05) is 23.4 Å². The van der Waals surface area contributed by atoms with Crippen LogP contribution in [-0.2, 0) is 17.4 Å². The topological polar surface area (TPSA) is 100 Å². The van der Waals surface area contributed by atoms with Gasteiger partial charge in [-0.15, -0.1) is 0 Å². The van der Waals surface area contributed by atoms with Gasteiger partial charge < -0.3 is 19.7 Å². The molecule has 0 aromatic carbocycles. The Morgan fingerprint density at radius 1 is 0.947 bits per heavy atom. The van der Waals surface area contributed by atoms with Crippen molar-refractivity contribution in [2.75, 3.05) is 55.6 Å². The van der Waals surface area contributed by atoms with Crippen molar-refractivity contribution in [1.82, 2.24) is 39.5 Å². The molecule has 204 valence electrons. The number of amides is 1. The molecule has 11 heteroatoms. The standard InChI is InChI=1S/C27H40N10O/c1-27(2,3)37-25-21(15-30-37)24(34-12-7-20(8-13-34)36-14-9-29-23(38)17-36)31-26(32-25)35-10-5-19(6-11-35)22-16-28-18-33(22)4/h15-16,18-20H,5-14,17H2,1-4H3,(H,29,38). The average Bonchev–Trinajstić information content (AvgIpc) is 3.54. The molecule has 3 aromatic heterocycles. The molecule has 3 aromatic rings. The fourth-order valence-corrected chi connectivity index (χ4v) is 6.30. The fourth-order valence-electron chi connectivity index (χ4n) is 6.30. The maximum atomic E-state index is 11.9. The van der Waals surface area contributed by atoms with E-state index in [1.54, 1.807) is 0 Å². The van der Waals surface area contributed by atoms with E-state index in [-0.39, 0.29) is 11.4 Å². The van der Waals surface area contributed by atoms with Crippen molar-refractivity contribution in [2.45, 2.75) is 64.0 Å². The summed E-state index contributed by atoms with van der Waals surface area (Å²) in [4.78, 5) is 33.6. The summed E-state index contributed by atoms with van der Waals surface area (Å²) in [7, 11) is 2.08.